The molecule has 1 amide bonds. The summed E-state index contributed by atoms with van der Waals surface area (Å²) >= 11 is 1.54. The number of methoxy groups -OCH3 is 1. The minimum Gasteiger partial charge on any atom is -0.469 e. The molecule has 5 heteroatoms. The minimum absolute atomic E-state index is 0.103. The summed E-state index contributed by atoms with van der Waals surface area (Å²) in [5.41, 5.74) is 0. The smallest absolute Gasteiger partial charge is 0.309 e. The van der Waals surface area contributed by atoms with Gasteiger partial charge in [-0.05, 0) is 19.3 Å². The topological polar surface area (TPSA) is 46.6 Å². The van der Waals surface area contributed by atoms with E-state index in [1.54, 1.807) is 0 Å². The number of thioether (sulfide) groups is 1. The standard InChI is InChI=1S/C13H23NO3S/c1-10(13(16)17-3)11(2)18-9-12(15)14-7-5-4-6-8-14/h10-11H,4-9H2,1-3H3. The van der Waals surface area contributed by atoms with Crippen LogP contribution in [0.15, 0.2) is 0 Å². The van der Waals surface area contributed by atoms with Crippen molar-refractivity contribution in [2.45, 2.75) is 38.4 Å². The highest BCUT2D eigenvalue weighted by molar-refractivity contribution is 8.00. The number of likely N-dealkylation sites (tertiary alicyclic amines) is 1. The zero-order valence-electron chi connectivity index (χ0n) is 11.5. The summed E-state index contributed by atoms with van der Waals surface area (Å²) in [4.78, 5) is 25.3. The maximum Gasteiger partial charge on any atom is 0.309 e. The fourth-order valence-corrected chi connectivity index (χ4v) is 2.95. The Morgan fingerprint density at radius 3 is 2.39 bits per heavy atom. The molecular formula is C13H23NO3S. The summed E-state index contributed by atoms with van der Waals surface area (Å²) in [5, 5.41) is 0.103. The number of rotatable bonds is 5. The van der Waals surface area contributed by atoms with Gasteiger partial charge in [0.15, 0.2) is 0 Å². The van der Waals surface area contributed by atoms with Gasteiger partial charge in [0.25, 0.3) is 0 Å². The Hall–Kier alpha value is -0.710. The van der Waals surface area contributed by atoms with Crippen molar-refractivity contribution in [2.75, 3.05) is 26.0 Å². The van der Waals surface area contributed by atoms with Crippen LogP contribution in [-0.2, 0) is 14.3 Å². The van der Waals surface area contributed by atoms with E-state index >= 15 is 0 Å². The van der Waals surface area contributed by atoms with E-state index in [1.165, 1.54) is 25.3 Å². The summed E-state index contributed by atoms with van der Waals surface area (Å²) in [6.07, 6.45) is 3.46. The largest absolute Gasteiger partial charge is 0.469 e. The van der Waals surface area contributed by atoms with Crippen molar-refractivity contribution in [1.29, 1.82) is 0 Å². The second kappa shape index (κ2) is 7.67. The molecule has 18 heavy (non-hydrogen) atoms. The molecule has 0 aromatic carbocycles. The highest BCUT2D eigenvalue weighted by Gasteiger charge is 2.23. The molecule has 0 N–H and O–H groups in total. The molecule has 104 valence electrons. The molecule has 0 aliphatic carbocycles. The van der Waals surface area contributed by atoms with Crippen molar-refractivity contribution in [3.05, 3.63) is 0 Å². The molecule has 0 aromatic heterocycles. The van der Waals surface area contributed by atoms with Gasteiger partial charge in [0.2, 0.25) is 5.91 Å². The van der Waals surface area contributed by atoms with E-state index in [0.717, 1.165) is 25.9 Å². The van der Waals surface area contributed by atoms with Crippen LogP contribution in [0, 0.1) is 5.92 Å². The Morgan fingerprint density at radius 2 is 1.83 bits per heavy atom. The van der Waals surface area contributed by atoms with Crippen molar-refractivity contribution < 1.29 is 14.3 Å². The normalized spacial score (nSPS) is 19.2. The zero-order chi connectivity index (χ0) is 13.5. The fourth-order valence-electron chi connectivity index (χ4n) is 1.96. The van der Waals surface area contributed by atoms with Crippen LogP contribution < -0.4 is 0 Å². The Morgan fingerprint density at radius 1 is 1.22 bits per heavy atom. The monoisotopic (exact) mass is 273 g/mol. The third-order valence-electron chi connectivity index (χ3n) is 3.46. The number of hydrogen-bond donors (Lipinski definition) is 0. The first-order valence-electron chi connectivity index (χ1n) is 6.53. The maximum atomic E-state index is 12.0. The van der Waals surface area contributed by atoms with Gasteiger partial charge < -0.3 is 9.64 Å². The summed E-state index contributed by atoms with van der Waals surface area (Å²) < 4.78 is 4.71. The van der Waals surface area contributed by atoms with E-state index in [4.69, 9.17) is 4.74 Å². The third kappa shape index (κ3) is 4.52. The predicted octanol–water partition coefficient (Wildman–Crippen LogP) is 1.93. The Bertz CT molecular complexity index is 290. The minimum atomic E-state index is -0.208. The van der Waals surface area contributed by atoms with Gasteiger partial charge in [-0.25, -0.2) is 0 Å². The van der Waals surface area contributed by atoms with Gasteiger partial charge in [0.1, 0.15) is 0 Å². The first kappa shape index (κ1) is 15.3. The highest BCUT2D eigenvalue weighted by atomic mass is 32.2. The van der Waals surface area contributed by atoms with Gasteiger partial charge in [-0.3, -0.25) is 9.59 Å². The molecule has 0 saturated carbocycles. The Balaban J connectivity index is 2.30. The lowest BCUT2D eigenvalue weighted by Gasteiger charge is -2.27. The second-order valence-electron chi connectivity index (χ2n) is 4.77. The molecule has 0 spiro atoms. The number of ether oxygens (including phenoxy) is 1. The molecular weight excluding hydrogens is 250 g/mol. The lowest BCUT2D eigenvalue weighted by atomic mass is 10.1. The van der Waals surface area contributed by atoms with Crippen molar-refractivity contribution in [2.24, 2.45) is 5.92 Å². The first-order chi connectivity index (χ1) is 8.56. The van der Waals surface area contributed by atoms with E-state index in [-0.39, 0.29) is 23.0 Å². The summed E-state index contributed by atoms with van der Waals surface area (Å²) in [5.74, 6) is 0.279. The van der Waals surface area contributed by atoms with Gasteiger partial charge in [-0.1, -0.05) is 13.8 Å². The zero-order valence-corrected chi connectivity index (χ0v) is 12.3. The van der Waals surface area contributed by atoms with Crippen LogP contribution in [0.25, 0.3) is 0 Å². The van der Waals surface area contributed by atoms with Crippen LogP contribution in [-0.4, -0.2) is 48.0 Å². The van der Waals surface area contributed by atoms with E-state index in [1.807, 2.05) is 18.7 Å². The lowest BCUT2D eigenvalue weighted by Crippen LogP contribution is -2.37. The number of hydrogen-bond acceptors (Lipinski definition) is 4. The molecule has 2 unspecified atom stereocenters. The molecule has 0 aromatic rings. The van der Waals surface area contributed by atoms with Gasteiger partial charge in [0, 0.05) is 18.3 Å². The lowest BCUT2D eigenvalue weighted by molar-refractivity contribution is -0.144. The third-order valence-corrected chi connectivity index (χ3v) is 4.80. The average Bonchev–Trinajstić information content (AvgIpc) is 2.43. The molecule has 1 aliphatic heterocycles. The molecule has 4 nitrogen and oxygen atoms in total. The number of amides is 1. The number of carbonyl (C=O) groups excluding carboxylic acids is 2. The van der Waals surface area contributed by atoms with Crippen molar-refractivity contribution >= 4 is 23.6 Å². The molecule has 1 rings (SSSR count). The molecule has 0 bridgehead atoms. The van der Waals surface area contributed by atoms with E-state index in [2.05, 4.69) is 0 Å². The van der Waals surface area contributed by atoms with Gasteiger partial charge >= 0.3 is 5.97 Å². The van der Waals surface area contributed by atoms with Crippen LogP contribution in [0.3, 0.4) is 0 Å². The highest BCUT2D eigenvalue weighted by Crippen LogP contribution is 2.21. The van der Waals surface area contributed by atoms with E-state index < -0.39 is 0 Å². The molecule has 1 fully saturated rings. The van der Waals surface area contributed by atoms with Crippen LogP contribution >= 0.6 is 11.8 Å². The molecule has 0 radical (unpaired) electrons. The molecule has 1 aliphatic rings. The number of esters is 1. The average molecular weight is 273 g/mol. The quantitative estimate of drug-likeness (QED) is 0.718. The second-order valence-corrected chi connectivity index (χ2v) is 6.13. The van der Waals surface area contributed by atoms with Crippen LogP contribution in [0.4, 0.5) is 0 Å². The van der Waals surface area contributed by atoms with E-state index in [0.29, 0.717) is 5.75 Å². The first-order valence-corrected chi connectivity index (χ1v) is 7.58. The van der Waals surface area contributed by atoms with Crippen LogP contribution in [0.2, 0.25) is 0 Å². The SMILES string of the molecule is COC(=O)C(C)C(C)SCC(=O)N1CCCCC1. The van der Waals surface area contributed by atoms with Gasteiger partial charge in [-0.2, -0.15) is 0 Å². The van der Waals surface area contributed by atoms with Gasteiger partial charge in [0.05, 0.1) is 18.8 Å². The van der Waals surface area contributed by atoms with Crippen molar-refractivity contribution in [1.82, 2.24) is 4.90 Å². The van der Waals surface area contributed by atoms with Crippen LogP contribution in [0.1, 0.15) is 33.1 Å². The Labute approximate surface area is 113 Å². The van der Waals surface area contributed by atoms with E-state index in [9.17, 15) is 9.59 Å². The van der Waals surface area contributed by atoms with Crippen molar-refractivity contribution in [3.8, 4) is 0 Å². The Kier molecular flexibility index (Phi) is 6.54. The maximum absolute atomic E-state index is 12.0. The molecule has 1 saturated heterocycles. The number of nitrogens with zero attached hydrogens (tertiary/aromatic N) is 1. The van der Waals surface area contributed by atoms with Gasteiger partial charge in [-0.15, -0.1) is 11.8 Å². The molecule has 2 atom stereocenters. The number of carbonyl (C=O) groups is 2. The number of piperidine rings is 1. The summed E-state index contributed by atoms with van der Waals surface area (Å²) in [7, 11) is 1.40. The van der Waals surface area contributed by atoms with Crippen molar-refractivity contribution in [3.63, 3.8) is 0 Å². The predicted molar refractivity (Wildman–Crippen MR) is 73.5 cm³/mol. The summed E-state index contributed by atoms with van der Waals surface area (Å²) in [6.45, 7) is 5.59. The van der Waals surface area contributed by atoms with Crippen LogP contribution in [0.5, 0.6) is 0 Å². The summed E-state index contributed by atoms with van der Waals surface area (Å²) in [6, 6.07) is 0. The molecule has 1 heterocycles. The fraction of sp³-hybridized carbons (Fsp3) is 0.846.